The highest BCUT2D eigenvalue weighted by Gasteiger charge is 1.96. The largest absolute Gasteiger partial charge is 0.508 e. The fraction of sp³-hybridized carbons (Fsp3) is 0.182. The van der Waals surface area contributed by atoms with Crippen LogP contribution in [0.25, 0.3) is 0 Å². The first-order valence-corrected chi connectivity index (χ1v) is 5.17. The van der Waals surface area contributed by atoms with Gasteiger partial charge in [0.1, 0.15) is 5.75 Å². The van der Waals surface area contributed by atoms with Gasteiger partial charge in [-0.25, -0.2) is 9.89 Å². The first kappa shape index (κ1) is 11.1. The number of H-pyrrole nitrogens is 1. The molecule has 88 valence electrons. The van der Waals surface area contributed by atoms with Crippen molar-refractivity contribution >= 4 is 5.82 Å². The Morgan fingerprint density at radius 3 is 2.76 bits per heavy atom. The summed E-state index contributed by atoms with van der Waals surface area (Å²) >= 11 is 0. The normalized spacial score (nSPS) is 10.1. The van der Waals surface area contributed by atoms with Crippen molar-refractivity contribution < 1.29 is 5.11 Å². The van der Waals surface area contributed by atoms with Crippen LogP contribution in [-0.2, 0) is 6.42 Å². The summed E-state index contributed by atoms with van der Waals surface area (Å²) in [7, 11) is 0. The van der Waals surface area contributed by atoms with Gasteiger partial charge in [-0.1, -0.05) is 12.1 Å². The molecule has 1 aromatic carbocycles. The van der Waals surface area contributed by atoms with Crippen LogP contribution in [0.3, 0.4) is 0 Å². The molecule has 0 saturated carbocycles. The zero-order chi connectivity index (χ0) is 12.1. The third-order valence-electron chi connectivity index (χ3n) is 2.23. The van der Waals surface area contributed by atoms with Gasteiger partial charge in [-0.3, -0.25) is 0 Å². The molecule has 0 fully saturated rings. The van der Waals surface area contributed by atoms with Gasteiger partial charge >= 0.3 is 5.69 Å². The minimum absolute atomic E-state index is 0.252. The van der Waals surface area contributed by atoms with E-state index in [-0.39, 0.29) is 5.75 Å². The van der Waals surface area contributed by atoms with Crippen molar-refractivity contribution in [3.8, 4) is 5.75 Å². The second kappa shape index (κ2) is 5.11. The number of benzene rings is 1. The van der Waals surface area contributed by atoms with Gasteiger partial charge in [0.05, 0.1) is 6.20 Å². The summed E-state index contributed by atoms with van der Waals surface area (Å²) in [6, 6.07) is 6.98. The molecule has 17 heavy (non-hydrogen) atoms. The number of aromatic nitrogens is 3. The number of hydrogen-bond acceptors (Lipinski definition) is 5. The molecular weight excluding hydrogens is 220 g/mol. The number of rotatable bonds is 4. The molecule has 6 nitrogen and oxygen atoms in total. The zero-order valence-corrected chi connectivity index (χ0v) is 9.05. The average molecular weight is 232 g/mol. The highest BCUT2D eigenvalue weighted by Crippen LogP contribution is 2.09. The van der Waals surface area contributed by atoms with E-state index in [2.05, 4.69) is 20.5 Å². The van der Waals surface area contributed by atoms with Crippen LogP contribution in [0, 0.1) is 0 Å². The molecule has 0 radical (unpaired) electrons. The SMILES string of the molecule is O=c1nc(NCCc2ccc(O)cc2)cn[nH]1. The molecular formula is C11H12N4O2. The van der Waals surface area contributed by atoms with Crippen molar-refractivity contribution in [2.24, 2.45) is 0 Å². The second-order valence-corrected chi connectivity index (χ2v) is 3.52. The van der Waals surface area contributed by atoms with E-state index < -0.39 is 5.69 Å². The topological polar surface area (TPSA) is 90.9 Å². The summed E-state index contributed by atoms with van der Waals surface area (Å²) in [5, 5.41) is 17.9. The van der Waals surface area contributed by atoms with Gasteiger partial charge in [0, 0.05) is 6.54 Å². The Balaban J connectivity index is 1.87. The molecule has 6 heteroatoms. The van der Waals surface area contributed by atoms with E-state index in [4.69, 9.17) is 5.11 Å². The maximum Gasteiger partial charge on any atom is 0.363 e. The van der Waals surface area contributed by atoms with Crippen LogP contribution in [0.15, 0.2) is 35.3 Å². The van der Waals surface area contributed by atoms with Crippen molar-refractivity contribution in [1.29, 1.82) is 0 Å². The van der Waals surface area contributed by atoms with E-state index >= 15 is 0 Å². The summed E-state index contributed by atoms with van der Waals surface area (Å²) < 4.78 is 0. The van der Waals surface area contributed by atoms with E-state index in [9.17, 15) is 4.79 Å². The molecule has 0 saturated heterocycles. The van der Waals surface area contributed by atoms with Crippen molar-refractivity contribution in [1.82, 2.24) is 15.2 Å². The summed E-state index contributed by atoms with van der Waals surface area (Å²) in [5.41, 5.74) is 0.618. The highest BCUT2D eigenvalue weighted by atomic mass is 16.3. The van der Waals surface area contributed by atoms with Gasteiger partial charge < -0.3 is 10.4 Å². The molecule has 1 aromatic heterocycles. The van der Waals surface area contributed by atoms with Gasteiger partial charge in [-0.15, -0.1) is 0 Å². The second-order valence-electron chi connectivity index (χ2n) is 3.52. The number of anilines is 1. The Morgan fingerprint density at radius 1 is 1.29 bits per heavy atom. The lowest BCUT2D eigenvalue weighted by molar-refractivity contribution is 0.475. The molecule has 0 amide bonds. The lowest BCUT2D eigenvalue weighted by Crippen LogP contribution is -2.15. The molecule has 3 N–H and O–H groups in total. The third-order valence-corrected chi connectivity index (χ3v) is 2.23. The number of hydrogen-bond donors (Lipinski definition) is 3. The quantitative estimate of drug-likeness (QED) is 0.715. The van der Waals surface area contributed by atoms with E-state index in [1.165, 1.54) is 6.20 Å². The zero-order valence-electron chi connectivity index (χ0n) is 9.05. The van der Waals surface area contributed by atoms with Crippen LogP contribution in [-0.4, -0.2) is 26.8 Å². The first-order valence-electron chi connectivity index (χ1n) is 5.17. The summed E-state index contributed by atoms with van der Waals surface area (Å²) in [6.07, 6.45) is 2.23. The Morgan fingerprint density at radius 2 is 2.06 bits per heavy atom. The van der Waals surface area contributed by atoms with Crippen molar-refractivity contribution in [3.63, 3.8) is 0 Å². The number of phenols is 1. The Bertz CT molecular complexity index is 536. The van der Waals surface area contributed by atoms with Crippen molar-refractivity contribution in [3.05, 3.63) is 46.5 Å². The Hall–Kier alpha value is -2.37. The van der Waals surface area contributed by atoms with Gasteiger partial charge in [0.2, 0.25) is 0 Å². The molecule has 0 spiro atoms. The van der Waals surface area contributed by atoms with Crippen molar-refractivity contribution in [2.75, 3.05) is 11.9 Å². The monoisotopic (exact) mass is 232 g/mol. The third kappa shape index (κ3) is 3.30. The average Bonchev–Trinajstić information content (AvgIpc) is 2.32. The van der Waals surface area contributed by atoms with E-state index in [0.717, 1.165) is 12.0 Å². The fourth-order valence-corrected chi connectivity index (χ4v) is 1.39. The number of nitrogens with zero attached hydrogens (tertiary/aromatic N) is 2. The number of aromatic amines is 1. The van der Waals surface area contributed by atoms with Crippen LogP contribution >= 0.6 is 0 Å². The van der Waals surface area contributed by atoms with Gasteiger partial charge in [-0.05, 0) is 24.1 Å². The first-order chi connectivity index (χ1) is 8.24. The molecule has 0 aliphatic heterocycles. The van der Waals surface area contributed by atoms with Crippen LogP contribution in [0.5, 0.6) is 5.75 Å². The van der Waals surface area contributed by atoms with Gasteiger partial charge in [-0.2, -0.15) is 10.1 Å². The summed E-state index contributed by atoms with van der Waals surface area (Å²) in [5.74, 6) is 0.703. The van der Waals surface area contributed by atoms with E-state index in [1.54, 1.807) is 12.1 Å². The van der Waals surface area contributed by atoms with Crippen molar-refractivity contribution in [2.45, 2.75) is 6.42 Å². The summed E-state index contributed by atoms with van der Waals surface area (Å²) in [4.78, 5) is 14.6. The lowest BCUT2D eigenvalue weighted by atomic mass is 10.1. The summed E-state index contributed by atoms with van der Waals surface area (Å²) in [6.45, 7) is 0.642. The minimum Gasteiger partial charge on any atom is -0.508 e. The number of phenolic OH excluding ortho intramolecular Hbond substituents is 1. The number of nitrogens with one attached hydrogen (secondary N) is 2. The van der Waals surface area contributed by atoms with Gasteiger partial charge in [0.25, 0.3) is 0 Å². The molecule has 0 aliphatic carbocycles. The van der Waals surface area contributed by atoms with Crippen LogP contribution in [0.4, 0.5) is 5.82 Å². The predicted octanol–water partition coefficient (Wildman–Crippen LogP) is 0.525. The maximum absolute atomic E-state index is 10.9. The van der Waals surface area contributed by atoms with Crippen LogP contribution < -0.4 is 11.0 Å². The van der Waals surface area contributed by atoms with Gasteiger partial charge in [0.15, 0.2) is 5.82 Å². The predicted molar refractivity (Wildman–Crippen MR) is 63.0 cm³/mol. The molecule has 0 bridgehead atoms. The Labute approximate surface area is 97.4 Å². The Kier molecular flexibility index (Phi) is 3.34. The molecule has 2 rings (SSSR count). The fourth-order valence-electron chi connectivity index (χ4n) is 1.39. The smallest absolute Gasteiger partial charge is 0.363 e. The highest BCUT2D eigenvalue weighted by molar-refractivity contribution is 5.30. The molecule has 2 aromatic rings. The number of aromatic hydroxyl groups is 1. The maximum atomic E-state index is 10.9. The van der Waals surface area contributed by atoms with E-state index in [0.29, 0.717) is 12.4 Å². The van der Waals surface area contributed by atoms with E-state index in [1.807, 2.05) is 12.1 Å². The minimum atomic E-state index is -0.473. The lowest BCUT2D eigenvalue weighted by Gasteiger charge is -2.04. The molecule has 1 heterocycles. The standard InChI is InChI=1S/C11H12N4O2/c16-9-3-1-8(2-4-9)5-6-12-10-7-13-15-11(17)14-10/h1-4,7,16H,5-6H2,(H2,12,14,15,17). The molecule has 0 aliphatic rings. The molecule has 0 atom stereocenters. The van der Waals surface area contributed by atoms with Crippen LogP contribution in [0.1, 0.15) is 5.56 Å². The van der Waals surface area contributed by atoms with Crippen LogP contribution in [0.2, 0.25) is 0 Å². The molecule has 0 unspecified atom stereocenters.